The van der Waals surface area contributed by atoms with Crippen LogP contribution in [0.5, 0.6) is 0 Å². The molecule has 0 bridgehead atoms. The number of nitrogens with one attached hydrogen (secondary N) is 1. The first kappa shape index (κ1) is 17.7. The van der Waals surface area contributed by atoms with Gasteiger partial charge >= 0.3 is 0 Å². The smallest absolute Gasteiger partial charge is 0.258 e. The Morgan fingerprint density at radius 2 is 1.67 bits per heavy atom. The van der Waals surface area contributed by atoms with Gasteiger partial charge in [0, 0.05) is 29.4 Å². The van der Waals surface area contributed by atoms with E-state index in [1.54, 1.807) is 29.2 Å². The van der Waals surface area contributed by atoms with Gasteiger partial charge in [0.1, 0.15) is 0 Å². The summed E-state index contributed by atoms with van der Waals surface area (Å²) in [5, 5.41) is 2.84. The Kier molecular flexibility index (Phi) is 5.74. The molecular formula is C20H24N2O2. The number of anilines is 1. The van der Waals surface area contributed by atoms with Crippen LogP contribution in [0.2, 0.25) is 0 Å². The summed E-state index contributed by atoms with van der Waals surface area (Å²) >= 11 is 0. The summed E-state index contributed by atoms with van der Waals surface area (Å²) in [7, 11) is 0. The van der Waals surface area contributed by atoms with Gasteiger partial charge in [0.25, 0.3) is 11.8 Å². The minimum absolute atomic E-state index is 0.0704. The standard InChI is InChI=1S/C20H24N2O2/c1-5-22(18-8-6-7-15(4)13-18)20(24)17-11-9-16(10-12-17)19(23)21-14(2)3/h6-14H,5H2,1-4H3,(H,21,23). The zero-order valence-electron chi connectivity index (χ0n) is 14.7. The summed E-state index contributed by atoms with van der Waals surface area (Å²) in [4.78, 5) is 26.5. The normalized spacial score (nSPS) is 10.5. The lowest BCUT2D eigenvalue weighted by atomic mass is 10.1. The van der Waals surface area contributed by atoms with Crippen molar-refractivity contribution in [1.82, 2.24) is 5.32 Å². The maximum Gasteiger partial charge on any atom is 0.258 e. The number of hydrogen-bond acceptors (Lipinski definition) is 2. The van der Waals surface area contributed by atoms with Crippen LogP contribution in [0.25, 0.3) is 0 Å². The van der Waals surface area contributed by atoms with Gasteiger partial charge in [-0.05, 0) is 69.7 Å². The van der Waals surface area contributed by atoms with Crippen LogP contribution in [0, 0.1) is 6.92 Å². The molecule has 0 aliphatic carbocycles. The molecule has 0 unspecified atom stereocenters. The van der Waals surface area contributed by atoms with Crippen molar-refractivity contribution >= 4 is 17.5 Å². The second kappa shape index (κ2) is 7.77. The molecule has 0 atom stereocenters. The largest absolute Gasteiger partial charge is 0.350 e. The van der Waals surface area contributed by atoms with Crippen LogP contribution in [0.3, 0.4) is 0 Å². The number of nitrogens with zero attached hydrogens (tertiary/aromatic N) is 1. The van der Waals surface area contributed by atoms with Crippen LogP contribution in [0.15, 0.2) is 48.5 Å². The Labute approximate surface area is 143 Å². The average molecular weight is 324 g/mol. The molecule has 24 heavy (non-hydrogen) atoms. The minimum Gasteiger partial charge on any atom is -0.350 e. The number of carbonyl (C=O) groups excluding carboxylic acids is 2. The molecule has 0 spiro atoms. The van der Waals surface area contributed by atoms with Gasteiger partial charge in [-0.3, -0.25) is 9.59 Å². The quantitative estimate of drug-likeness (QED) is 0.909. The predicted molar refractivity (Wildman–Crippen MR) is 97.6 cm³/mol. The highest BCUT2D eigenvalue weighted by molar-refractivity contribution is 6.06. The van der Waals surface area contributed by atoms with Gasteiger partial charge in [-0.25, -0.2) is 0 Å². The molecule has 126 valence electrons. The molecule has 4 heteroatoms. The number of aryl methyl sites for hydroxylation is 1. The third-order valence-electron chi connectivity index (χ3n) is 3.69. The Morgan fingerprint density at radius 3 is 2.21 bits per heavy atom. The third-order valence-corrected chi connectivity index (χ3v) is 3.69. The molecule has 2 aromatic rings. The van der Waals surface area contributed by atoms with Crippen molar-refractivity contribution in [2.75, 3.05) is 11.4 Å². The van der Waals surface area contributed by atoms with Gasteiger partial charge < -0.3 is 10.2 Å². The summed E-state index contributed by atoms with van der Waals surface area (Å²) in [5.74, 6) is -0.200. The summed E-state index contributed by atoms with van der Waals surface area (Å²) in [5.41, 5.74) is 3.11. The fourth-order valence-electron chi connectivity index (χ4n) is 2.50. The summed E-state index contributed by atoms with van der Waals surface area (Å²) in [6.45, 7) is 8.36. The lowest BCUT2D eigenvalue weighted by Crippen LogP contribution is -2.31. The van der Waals surface area contributed by atoms with Crippen molar-refractivity contribution in [1.29, 1.82) is 0 Å². The minimum atomic E-state index is -0.130. The van der Waals surface area contributed by atoms with Crippen molar-refractivity contribution in [2.45, 2.75) is 33.7 Å². The van der Waals surface area contributed by atoms with E-state index < -0.39 is 0 Å². The number of amides is 2. The maximum atomic E-state index is 12.8. The van der Waals surface area contributed by atoms with Crippen LogP contribution < -0.4 is 10.2 Å². The molecule has 2 rings (SSSR count). The van der Waals surface area contributed by atoms with Crippen LogP contribution in [0.4, 0.5) is 5.69 Å². The van der Waals surface area contributed by atoms with E-state index >= 15 is 0 Å². The Morgan fingerprint density at radius 1 is 1.04 bits per heavy atom. The van der Waals surface area contributed by atoms with E-state index in [4.69, 9.17) is 0 Å². The molecular weight excluding hydrogens is 300 g/mol. The molecule has 0 heterocycles. The zero-order chi connectivity index (χ0) is 17.7. The number of benzene rings is 2. The lowest BCUT2D eigenvalue weighted by Gasteiger charge is -2.21. The highest BCUT2D eigenvalue weighted by Crippen LogP contribution is 2.19. The molecule has 0 aliphatic rings. The van der Waals surface area contributed by atoms with Crippen molar-refractivity contribution in [2.24, 2.45) is 0 Å². The topological polar surface area (TPSA) is 49.4 Å². The summed E-state index contributed by atoms with van der Waals surface area (Å²) < 4.78 is 0. The van der Waals surface area contributed by atoms with E-state index in [0.717, 1.165) is 11.3 Å². The number of carbonyl (C=O) groups is 2. The van der Waals surface area contributed by atoms with Gasteiger partial charge in [0.2, 0.25) is 0 Å². The van der Waals surface area contributed by atoms with E-state index in [9.17, 15) is 9.59 Å². The highest BCUT2D eigenvalue weighted by Gasteiger charge is 2.17. The molecule has 0 aliphatic heterocycles. The van der Waals surface area contributed by atoms with Crippen molar-refractivity contribution in [3.05, 3.63) is 65.2 Å². The van der Waals surface area contributed by atoms with Crippen LogP contribution in [0.1, 0.15) is 47.1 Å². The number of rotatable bonds is 5. The van der Waals surface area contributed by atoms with Gasteiger partial charge in [-0.1, -0.05) is 12.1 Å². The zero-order valence-corrected chi connectivity index (χ0v) is 14.7. The molecule has 0 aromatic heterocycles. The second-order valence-corrected chi connectivity index (χ2v) is 6.09. The Balaban J connectivity index is 2.20. The van der Waals surface area contributed by atoms with E-state index in [1.807, 2.05) is 52.0 Å². The fourth-order valence-corrected chi connectivity index (χ4v) is 2.50. The summed E-state index contributed by atoms with van der Waals surface area (Å²) in [6.07, 6.45) is 0. The molecule has 1 N–H and O–H groups in total. The van der Waals surface area contributed by atoms with E-state index in [2.05, 4.69) is 5.32 Å². The maximum absolute atomic E-state index is 12.8. The van der Waals surface area contributed by atoms with Crippen molar-refractivity contribution < 1.29 is 9.59 Å². The monoisotopic (exact) mass is 324 g/mol. The van der Waals surface area contributed by atoms with Gasteiger partial charge in [0.05, 0.1) is 0 Å². The molecule has 0 saturated carbocycles. The van der Waals surface area contributed by atoms with Crippen molar-refractivity contribution in [3.8, 4) is 0 Å². The Hall–Kier alpha value is -2.62. The predicted octanol–water partition coefficient (Wildman–Crippen LogP) is 3.80. The SMILES string of the molecule is CCN(C(=O)c1ccc(C(=O)NC(C)C)cc1)c1cccc(C)c1. The first-order chi connectivity index (χ1) is 11.4. The molecule has 2 aromatic carbocycles. The van der Waals surface area contributed by atoms with E-state index in [-0.39, 0.29) is 17.9 Å². The van der Waals surface area contributed by atoms with Crippen LogP contribution in [-0.4, -0.2) is 24.4 Å². The average Bonchev–Trinajstić information content (AvgIpc) is 2.55. The molecule has 0 fully saturated rings. The second-order valence-electron chi connectivity index (χ2n) is 6.09. The van der Waals surface area contributed by atoms with E-state index in [1.165, 1.54) is 0 Å². The molecule has 0 radical (unpaired) electrons. The highest BCUT2D eigenvalue weighted by atomic mass is 16.2. The molecule has 0 saturated heterocycles. The van der Waals surface area contributed by atoms with Gasteiger partial charge in [0.15, 0.2) is 0 Å². The molecule has 2 amide bonds. The lowest BCUT2D eigenvalue weighted by molar-refractivity contribution is 0.0940. The summed E-state index contributed by atoms with van der Waals surface area (Å²) in [6, 6.07) is 14.7. The van der Waals surface area contributed by atoms with E-state index in [0.29, 0.717) is 17.7 Å². The van der Waals surface area contributed by atoms with Crippen LogP contribution in [-0.2, 0) is 0 Å². The number of hydrogen-bond donors (Lipinski definition) is 1. The van der Waals surface area contributed by atoms with Crippen molar-refractivity contribution in [3.63, 3.8) is 0 Å². The first-order valence-electron chi connectivity index (χ1n) is 8.21. The third kappa shape index (κ3) is 4.22. The first-order valence-corrected chi connectivity index (χ1v) is 8.21. The van der Waals surface area contributed by atoms with Gasteiger partial charge in [-0.15, -0.1) is 0 Å². The molecule has 4 nitrogen and oxygen atoms in total. The fraction of sp³-hybridized carbons (Fsp3) is 0.300. The van der Waals surface area contributed by atoms with Crippen LogP contribution >= 0.6 is 0 Å². The van der Waals surface area contributed by atoms with Gasteiger partial charge in [-0.2, -0.15) is 0 Å². The Bertz CT molecular complexity index is 721.